The molecule has 1 heteroatoms. The second kappa shape index (κ2) is 4.50. The maximum absolute atomic E-state index is 3.82. The van der Waals surface area contributed by atoms with Crippen LogP contribution in [-0.4, -0.2) is 17.5 Å². The molecule has 0 aliphatic rings. The summed E-state index contributed by atoms with van der Waals surface area (Å²) in [5, 5.41) is 0. The van der Waals surface area contributed by atoms with Gasteiger partial charge in [0.05, 0.1) is 0 Å². The summed E-state index contributed by atoms with van der Waals surface area (Å²) in [7, 11) is 2.10. The van der Waals surface area contributed by atoms with Crippen molar-refractivity contribution >= 4 is 0 Å². The zero-order valence-corrected chi connectivity index (χ0v) is 9.89. The summed E-state index contributed by atoms with van der Waals surface area (Å²) in [6, 6.07) is 0. The van der Waals surface area contributed by atoms with Crippen LogP contribution >= 0.6 is 0 Å². The van der Waals surface area contributed by atoms with Crippen LogP contribution in [0.5, 0.6) is 0 Å². The molecule has 0 aliphatic heterocycles. The van der Waals surface area contributed by atoms with E-state index in [4.69, 9.17) is 0 Å². The Morgan fingerprint density at radius 2 is 1.77 bits per heavy atom. The first-order valence-electron chi connectivity index (χ1n) is 4.86. The van der Waals surface area contributed by atoms with E-state index in [2.05, 4.69) is 59.3 Å². The van der Waals surface area contributed by atoms with Gasteiger partial charge >= 0.3 is 0 Å². The first-order valence-corrected chi connectivity index (χ1v) is 4.86. The van der Waals surface area contributed by atoms with Crippen LogP contribution in [0.4, 0.5) is 0 Å². The minimum Gasteiger partial charge on any atom is -0.375 e. The van der Waals surface area contributed by atoms with Gasteiger partial charge in [-0.05, 0) is 32.3 Å². The normalized spacial score (nSPS) is 13.3. The molecular weight excluding hydrogens is 158 g/mol. The molecule has 0 rings (SSSR count). The van der Waals surface area contributed by atoms with Crippen molar-refractivity contribution in [2.24, 2.45) is 5.92 Å². The van der Waals surface area contributed by atoms with E-state index in [0.29, 0.717) is 5.92 Å². The largest absolute Gasteiger partial charge is 0.375 e. The van der Waals surface area contributed by atoms with Crippen molar-refractivity contribution in [2.75, 3.05) is 7.05 Å². The van der Waals surface area contributed by atoms with Crippen LogP contribution in [0.3, 0.4) is 0 Å². The molecule has 1 nitrogen and oxygen atoms in total. The Balaban J connectivity index is 4.61. The number of allylic oxidation sites excluding steroid dienone is 2. The Labute approximate surface area is 83.1 Å². The number of rotatable bonds is 3. The second-order valence-corrected chi connectivity index (χ2v) is 4.77. The van der Waals surface area contributed by atoms with Crippen molar-refractivity contribution in [3.05, 3.63) is 24.4 Å². The van der Waals surface area contributed by atoms with E-state index in [-0.39, 0.29) is 5.54 Å². The van der Waals surface area contributed by atoms with Gasteiger partial charge in [0.25, 0.3) is 0 Å². The van der Waals surface area contributed by atoms with Gasteiger partial charge in [0.15, 0.2) is 0 Å². The standard InChI is InChI=1S/C12H23N/c1-8-11(10(2)3)9-13(7)12(4,5)6/h8-10H,1H2,2-7H3/b11-9+. The lowest BCUT2D eigenvalue weighted by Gasteiger charge is -2.32. The van der Waals surface area contributed by atoms with Crippen LogP contribution < -0.4 is 0 Å². The van der Waals surface area contributed by atoms with Crippen LogP contribution in [0.15, 0.2) is 24.4 Å². The quantitative estimate of drug-likeness (QED) is 0.603. The average Bonchev–Trinajstić information content (AvgIpc) is 1.96. The summed E-state index contributed by atoms with van der Waals surface area (Å²) in [4.78, 5) is 2.23. The zero-order chi connectivity index (χ0) is 10.6. The van der Waals surface area contributed by atoms with Gasteiger partial charge in [0.1, 0.15) is 0 Å². The van der Waals surface area contributed by atoms with Gasteiger partial charge in [0, 0.05) is 18.8 Å². The third-order valence-electron chi connectivity index (χ3n) is 2.30. The summed E-state index contributed by atoms with van der Waals surface area (Å²) in [5.74, 6) is 0.544. The van der Waals surface area contributed by atoms with Crippen molar-refractivity contribution in [3.63, 3.8) is 0 Å². The maximum atomic E-state index is 3.82. The Morgan fingerprint density at radius 1 is 1.31 bits per heavy atom. The molecule has 0 heterocycles. The molecule has 0 aromatic rings. The highest BCUT2D eigenvalue weighted by Crippen LogP contribution is 2.16. The number of nitrogens with zero attached hydrogens (tertiary/aromatic N) is 1. The fraction of sp³-hybridized carbons (Fsp3) is 0.667. The van der Waals surface area contributed by atoms with Crippen molar-refractivity contribution in [1.29, 1.82) is 0 Å². The molecule has 76 valence electrons. The molecule has 0 N–H and O–H groups in total. The zero-order valence-electron chi connectivity index (χ0n) is 9.89. The number of hydrogen-bond donors (Lipinski definition) is 0. The molecule has 13 heavy (non-hydrogen) atoms. The summed E-state index contributed by atoms with van der Waals surface area (Å²) < 4.78 is 0. The highest BCUT2D eigenvalue weighted by Gasteiger charge is 2.14. The number of hydrogen-bond acceptors (Lipinski definition) is 1. The van der Waals surface area contributed by atoms with Gasteiger partial charge in [-0.3, -0.25) is 0 Å². The smallest absolute Gasteiger partial charge is 0.0309 e. The van der Waals surface area contributed by atoms with Gasteiger partial charge < -0.3 is 4.90 Å². The fourth-order valence-corrected chi connectivity index (χ4v) is 0.855. The molecule has 0 fully saturated rings. The average molecular weight is 181 g/mol. The van der Waals surface area contributed by atoms with E-state index in [1.54, 1.807) is 0 Å². The molecule has 0 atom stereocenters. The second-order valence-electron chi connectivity index (χ2n) is 4.77. The van der Waals surface area contributed by atoms with Crippen LogP contribution in [0, 0.1) is 5.92 Å². The van der Waals surface area contributed by atoms with E-state index in [1.807, 2.05) is 6.08 Å². The SMILES string of the molecule is C=C/C(=C\N(C)C(C)(C)C)C(C)C. The van der Waals surface area contributed by atoms with Crippen molar-refractivity contribution in [2.45, 2.75) is 40.2 Å². The predicted molar refractivity (Wildman–Crippen MR) is 60.6 cm³/mol. The van der Waals surface area contributed by atoms with Gasteiger partial charge in [0.2, 0.25) is 0 Å². The van der Waals surface area contributed by atoms with Crippen LogP contribution in [0.2, 0.25) is 0 Å². The van der Waals surface area contributed by atoms with Gasteiger partial charge in [-0.2, -0.15) is 0 Å². The molecular formula is C12H23N. The third-order valence-corrected chi connectivity index (χ3v) is 2.30. The molecule has 0 radical (unpaired) electrons. The molecule has 0 aromatic heterocycles. The minimum absolute atomic E-state index is 0.184. The van der Waals surface area contributed by atoms with Crippen molar-refractivity contribution < 1.29 is 0 Å². The molecule has 0 aromatic carbocycles. The van der Waals surface area contributed by atoms with Gasteiger partial charge in [-0.15, -0.1) is 0 Å². The van der Waals surface area contributed by atoms with E-state index < -0.39 is 0 Å². The minimum atomic E-state index is 0.184. The lowest BCUT2D eigenvalue weighted by atomic mass is 10.0. The molecule has 0 unspecified atom stereocenters. The van der Waals surface area contributed by atoms with Gasteiger partial charge in [-0.25, -0.2) is 0 Å². The van der Waals surface area contributed by atoms with Crippen molar-refractivity contribution in [3.8, 4) is 0 Å². The summed E-state index contributed by atoms with van der Waals surface area (Å²) >= 11 is 0. The lowest BCUT2D eigenvalue weighted by Crippen LogP contribution is -2.34. The highest BCUT2D eigenvalue weighted by atomic mass is 15.1. The van der Waals surface area contributed by atoms with Crippen LogP contribution in [0.1, 0.15) is 34.6 Å². The predicted octanol–water partition coefficient (Wildman–Crippen LogP) is 3.44. The van der Waals surface area contributed by atoms with Crippen LogP contribution in [-0.2, 0) is 0 Å². The Hall–Kier alpha value is -0.720. The fourth-order valence-electron chi connectivity index (χ4n) is 0.855. The first-order chi connectivity index (χ1) is 5.79. The summed E-state index contributed by atoms with van der Waals surface area (Å²) in [6.07, 6.45) is 4.12. The topological polar surface area (TPSA) is 3.24 Å². The lowest BCUT2D eigenvalue weighted by molar-refractivity contribution is 0.247. The Bertz CT molecular complexity index is 194. The highest BCUT2D eigenvalue weighted by molar-refractivity contribution is 5.18. The molecule has 0 saturated heterocycles. The van der Waals surface area contributed by atoms with E-state index in [9.17, 15) is 0 Å². The van der Waals surface area contributed by atoms with E-state index in [0.717, 1.165) is 0 Å². The summed E-state index contributed by atoms with van der Waals surface area (Å²) in [5.41, 5.74) is 1.47. The molecule has 0 spiro atoms. The van der Waals surface area contributed by atoms with Crippen LogP contribution in [0.25, 0.3) is 0 Å². The molecule has 0 saturated carbocycles. The van der Waals surface area contributed by atoms with Gasteiger partial charge in [-0.1, -0.05) is 26.5 Å². The molecule has 0 aliphatic carbocycles. The monoisotopic (exact) mass is 181 g/mol. The Morgan fingerprint density at radius 3 is 2.00 bits per heavy atom. The third kappa shape index (κ3) is 4.16. The van der Waals surface area contributed by atoms with E-state index >= 15 is 0 Å². The van der Waals surface area contributed by atoms with Crippen molar-refractivity contribution in [1.82, 2.24) is 4.90 Å². The maximum Gasteiger partial charge on any atom is 0.0309 e. The Kier molecular flexibility index (Phi) is 4.25. The first kappa shape index (κ1) is 12.3. The molecule has 0 amide bonds. The molecule has 0 bridgehead atoms. The summed E-state index contributed by atoms with van der Waals surface area (Å²) in [6.45, 7) is 14.8. The van der Waals surface area contributed by atoms with E-state index in [1.165, 1.54) is 5.57 Å².